The van der Waals surface area contributed by atoms with Gasteiger partial charge < -0.3 is 15.7 Å². The van der Waals surface area contributed by atoms with Crippen molar-refractivity contribution in [3.05, 3.63) is 59.4 Å². The van der Waals surface area contributed by atoms with Gasteiger partial charge in [-0.2, -0.15) is 0 Å². The van der Waals surface area contributed by atoms with Crippen LogP contribution in [0.1, 0.15) is 30.6 Å². The van der Waals surface area contributed by atoms with Gasteiger partial charge in [0.05, 0.1) is 12.5 Å². The van der Waals surface area contributed by atoms with Gasteiger partial charge >= 0.3 is 0 Å². The smallest absolute Gasteiger partial charge is 0.227 e. The van der Waals surface area contributed by atoms with Gasteiger partial charge in [0.2, 0.25) is 11.8 Å². The molecule has 0 bridgehead atoms. The number of anilines is 2. The fourth-order valence-corrected chi connectivity index (χ4v) is 2.25. The molecule has 0 saturated heterocycles. The normalized spacial score (nSPS) is 11.7. The van der Waals surface area contributed by atoms with Gasteiger partial charge in [-0.3, -0.25) is 9.59 Å². The van der Waals surface area contributed by atoms with Gasteiger partial charge in [0.25, 0.3) is 0 Å². The maximum atomic E-state index is 13.2. The van der Waals surface area contributed by atoms with Gasteiger partial charge in [-0.05, 0) is 42.3 Å². The number of aryl methyl sites for hydroxylation is 1. The number of rotatable bonds is 5. The van der Waals surface area contributed by atoms with E-state index < -0.39 is 17.8 Å². The molecule has 0 radical (unpaired) electrons. The Bertz CT molecular complexity index is 762. The maximum Gasteiger partial charge on any atom is 0.227 e. The third-order valence-electron chi connectivity index (χ3n) is 3.44. The molecule has 0 fully saturated rings. The van der Waals surface area contributed by atoms with E-state index in [1.54, 1.807) is 24.3 Å². The standard InChI is InChI=1S/C18H19FN2O3/c1-11-6-7-15(20-12(2)22)9-16(11)21-18(24)10-17(23)13-4-3-5-14(19)8-13/h3-9,17,23H,10H2,1-2H3,(H,20,22)(H,21,24). The van der Waals surface area contributed by atoms with Crippen molar-refractivity contribution in [3.63, 3.8) is 0 Å². The van der Waals surface area contributed by atoms with Gasteiger partial charge in [0, 0.05) is 18.3 Å². The molecule has 1 unspecified atom stereocenters. The number of aliphatic hydroxyl groups excluding tert-OH is 1. The fraction of sp³-hybridized carbons (Fsp3) is 0.222. The largest absolute Gasteiger partial charge is 0.388 e. The summed E-state index contributed by atoms with van der Waals surface area (Å²) >= 11 is 0. The van der Waals surface area contributed by atoms with Crippen molar-refractivity contribution in [1.82, 2.24) is 0 Å². The summed E-state index contributed by atoms with van der Waals surface area (Å²) in [5, 5.41) is 15.4. The number of hydrogen-bond acceptors (Lipinski definition) is 3. The number of benzene rings is 2. The Morgan fingerprint density at radius 3 is 2.58 bits per heavy atom. The summed E-state index contributed by atoms with van der Waals surface area (Å²) < 4.78 is 13.2. The van der Waals surface area contributed by atoms with E-state index in [4.69, 9.17) is 0 Å². The van der Waals surface area contributed by atoms with Crippen molar-refractivity contribution in [2.45, 2.75) is 26.4 Å². The van der Waals surface area contributed by atoms with E-state index in [1.807, 2.05) is 6.92 Å². The van der Waals surface area contributed by atoms with E-state index in [2.05, 4.69) is 10.6 Å². The third kappa shape index (κ3) is 4.89. The summed E-state index contributed by atoms with van der Waals surface area (Å²) in [5.74, 6) is -1.08. The molecule has 0 heterocycles. The molecular formula is C18H19FN2O3. The SMILES string of the molecule is CC(=O)Nc1ccc(C)c(NC(=O)CC(O)c2cccc(F)c2)c1. The van der Waals surface area contributed by atoms with Crippen molar-refractivity contribution in [3.8, 4) is 0 Å². The van der Waals surface area contributed by atoms with Gasteiger partial charge in [-0.1, -0.05) is 18.2 Å². The second-order valence-corrected chi connectivity index (χ2v) is 5.53. The molecule has 0 spiro atoms. The molecule has 24 heavy (non-hydrogen) atoms. The predicted octanol–water partition coefficient (Wildman–Crippen LogP) is 3.15. The third-order valence-corrected chi connectivity index (χ3v) is 3.44. The Morgan fingerprint density at radius 2 is 1.92 bits per heavy atom. The number of halogens is 1. The zero-order valence-corrected chi connectivity index (χ0v) is 13.5. The van der Waals surface area contributed by atoms with Crippen molar-refractivity contribution in [2.75, 3.05) is 10.6 Å². The molecular weight excluding hydrogens is 311 g/mol. The first kappa shape index (κ1) is 17.6. The quantitative estimate of drug-likeness (QED) is 0.788. The van der Waals surface area contributed by atoms with Crippen LogP contribution in [0.15, 0.2) is 42.5 Å². The number of aliphatic hydroxyl groups is 1. The minimum atomic E-state index is -1.10. The molecule has 2 aromatic rings. The summed E-state index contributed by atoms with van der Waals surface area (Å²) in [6, 6.07) is 10.6. The Kier molecular flexibility index (Phi) is 5.65. The zero-order chi connectivity index (χ0) is 17.7. The highest BCUT2D eigenvalue weighted by Crippen LogP contribution is 2.22. The minimum Gasteiger partial charge on any atom is -0.388 e. The lowest BCUT2D eigenvalue weighted by molar-refractivity contribution is -0.118. The number of carbonyl (C=O) groups excluding carboxylic acids is 2. The van der Waals surface area contributed by atoms with Crippen molar-refractivity contribution >= 4 is 23.2 Å². The number of nitrogens with one attached hydrogen (secondary N) is 2. The van der Waals surface area contributed by atoms with Crippen LogP contribution in [0.5, 0.6) is 0 Å². The van der Waals surface area contributed by atoms with E-state index in [0.29, 0.717) is 16.9 Å². The molecule has 126 valence electrons. The zero-order valence-electron chi connectivity index (χ0n) is 13.5. The first-order valence-electron chi connectivity index (χ1n) is 7.47. The summed E-state index contributed by atoms with van der Waals surface area (Å²) in [6.45, 7) is 3.21. The molecule has 5 nitrogen and oxygen atoms in total. The molecule has 0 aliphatic rings. The highest BCUT2D eigenvalue weighted by Gasteiger charge is 2.14. The number of amides is 2. The van der Waals surface area contributed by atoms with Crippen LogP contribution >= 0.6 is 0 Å². The van der Waals surface area contributed by atoms with Crippen LogP contribution in [0, 0.1) is 12.7 Å². The molecule has 0 aliphatic carbocycles. The second kappa shape index (κ2) is 7.70. The van der Waals surface area contributed by atoms with Gasteiger partial charge in [0.15, 0.2) is 0 Å². The lowest BCUT2D eigenvalue weighted by atomic mass is 10.1. The van der Waals surface area contributed by atoms with Crippen molar-refractivity contribution in [2.24, 2.45) is 0 Å². The predicted molar refractivity (Wildman–Crippen MR) is 90.1 cm³/mol. The summed E-state index contributed by atoms with van der Waals surface area (Å²) in [6.07, 6.45) is -1.30. The fourth-order valence-electron chi connectivity index (χ4n) is 2.25. The first-order valence-corrected chi connectivity index (χ1v) is 7.47. The topological polar surface area (TPSA) is 78.4 Å². The lowest BCUT2D eigenvalue weighted by Gasteiger charge is -2.14. The molecule has 2 rings (SSSR count). The highest BCUT2D eigenvalue weighted by atomic mass is 19.1. The molecule has 2 amide bonds. The number of hydrogen-bond donors (Lipinski definition) is 3. The summed E-state index contributed by atoms with van der Waals surface area (Å²) in [5.41, 5.74) is 2.26. The van der Waals surface area contributed by atoms with Crippen LogP contribution in [0.2, 0.25) is 0 Å². The van der Waals surface area contributed by atoms with Crippen LogP contribution in [0.3, 0.4) is 0 Å². The molecule has 0 aromatic heterocycles. The average Bonchev–Trinajstić information content (AvgIpc) is 2.50. The van der Waals surface area contributed by atoms with E-state index in [-0.39, 0.29) is 12.3 Å². The van der Waals surface area contributed by atoms with Gasteiger partial charge in [-0.25, -0.2) is 4.39 Å². The molecule has 3 N–H and O–H groups in total. The highest BCUT2D eigenvalue weighted by molar-refractivity contribution is 5.94. The van der Waals surface area contributed by atoms with Crippen LogP contribution in [-0.4, -0.2) is 16.9 Å². The Labute approximate surface area is 139 Å². The van der Waals surface area contributed by atoms with E-state index in [0.717, 1.165) is 5.56 Å². The Morgan fingerprint density at radius 1 is 1.17 bits per heavy atom. The first-order chi connectivity index (χ1) is 11.3. The maximum absolute atomic E-state index is 13.2. The number of carbonyl (C=O) groups is 2. The molecule has 1 atom stereocenters. The molecule has 0 aliphatic heterocycles. The Hall–Kier alpha value is -2.73. The van der Waals surface area contributed by atoms with Gasteiger partial charge in [-0.15, -0.1) is 0 Å². The van der Waals surface area contributed by atoms with Crippen LogP contribution in [0.25, 0.3) is 0 Å². The van der Waals surface area contributed by atoms with E-state index in [1.165, 1.54) is 25.1 Å². The van der Waals surface area contributed by atoms with Crippen LogP contribution in [0.4, 0.5) is 15.8 Å². The van der Waals surface area contributed by atoms with E-state index >= 15 is 0 Å². The van der Waals surface area contributed by atoms with Gasteiger partial charge in [0.1, 0.15) is 5.82 Å². The molecule has 2 aromatic carbocycles. The monoisotopic (exact) mass is 330 g/mol. The molecule has 0 saturated carbocycles. The minimum absolute atomic E-state index is 0.201. The molecule has 6 heteroatoms. The lowest BCUT2D eigenvalue weighted by Crippen LogP contribution is -2.16. The van der Waals surface area contributed by atoms with Crippen molar-refractivity contribution < 1.29 is 19.1 Å². The van der Waals surface area contributed by atoms with Crippen molar-refractivity contribution in [1.29, 1.82) is 0 Å². The summed E-state index contributed by atoms with van der Waals surface area (Å²) in [4.78, 5) is 23.2. The second-order valence-electron chi connectivity index (χ2n) is 5.53. The van der Waals surface area contributed by atoms with Crippen LogP contribution < -0.4 is 10.6 Å². The van der Waals surface area contributed by atoms with Crippen LogP contribution in [-0.2, 0) is 9.59 Å². The Balaban J connectivity index is 2.05. The average molecular weight is 330 g/mol. The van der Waals surface area contributed by atoms with E-state index in [9.17, 15) is 19.1 Å². The summed E-state index contributed by atoms with van der Waals surface area (Å²) in [7, 11) is 0.